The Morgan fingerprint density at radius 3 is 2.08 bits per heavy atom. The summed E-state index contributed by atoms with van der Waals surface area (Å²) in [4.78, 5) is 0.0866. The highest BCUT2D eigenvalue weighted by Crippen LogP contribution is 2.28. The van der Waals surface area contributed by atoms with Crippen LogP contribution in [0.25, 0.3) is 10.8 Å². The van der Waals surface area contributed by atoms with E-state index in [0.29, 0.717) is 11.8 Å². The lowest BCUT2D eigenvalue weighted by molar-refractivity contribution is 0.482. The minimum absolute atomic E-state index is 0. The van der Waals surface area contributed by atoms with E-state index in [2.05, 4.69) is 6.92 Å². The van der Waals surface area contributed by atoms with Gasteiger partial charge < -0.3 is 0 Å². The number of fused-ring (bicyclic) bond motifs is 1. The number of aryl methyl sites for hydroxylation is 1. The monoisotopic (exact) mass is 374 g/mol. The first-order valence-corrected chi connectivity index (χ1v) is 10.5. The number of hydrogen-bond acceptors (Lipinski definition) is 2. The van der Waals surface area contributed by atoms with E-state index in [-0.39, 0.29) is 27.9 Å². The first-order chi connectivity index (χ1) is 11.5. The molecule has 2 aromatic rings. The third kappa shape index (κ3) is 6.89. The predicted molar refractivity (Wildman–Crippen MR) is 109 cm³/mol. The number of unbranched alkanes of at least 4 members (excludes halogenated alkanes) is 7. The van der Waals surface area contributed by atoms with E-state index in [1.807, 2.05) is 24.3 Å². The summed E-state index contributed by atoms with van der Waals surface area (Å²) in [6, 6.07) is 11.1. The maximum Gasteiger partial charge on any atom is 0.316 e. The smallest absolute Gasteiger partial charge is 0.282 e. The summed E-state index contributed by atoms with van der Waals surface area (Å²) in [6.45, 7) is 2.22. The molecule has 5 heteroatoms. The second-order valence-electron chi connectivity index (χ2n) is 6.47. The molecular weight excluding hydrogens is 345 g/mol. The lowest BCUT2D eigenvalue weighted by Gasteiger charge is -2.11. The lowest BCUT2D eigenvalue weighted by Crippen LogP contribution is -2.04. The maximum absolute atomic E-state index is 11.9. The molecule has 0 spiro atoms. The van der Waals surface area contributed by atoms with Gasteiger partial charge in [-0.05, 0) is 23.8 Å². The fourth-order valence-electron chi connectivity index (χ4n) is 3.24. The van der Waals surface area contributed by atoms with E-state index < -0.39 is 10.1 Å². The van der Waals surface area contributed by atoms with Crippen LogP contribution in [-0.2, 0) is 16.5 Å². The van der Waals surface area contributed by atoms with Gasteiger partial charge in [0, 0.05) is 5.39 Å². The molecule has 0 bridgehead atoms. The third-order valence-electron chi connectivity index (χ3n) is 4.52. The third-order valence-corrected chi connectivity index (χ3v) is 5.52. The van der Waals surface area contributed by atoms with Crippen molar-refractivity contribution >= 4 is 43.9 Å². The van der Waals surface area contributed by atoms with E-state index in [4.69, 9.17) is 0 Å². The van der Waals surface area contributed by atoms with Crippen molar-refractivity contribution in [1.82, 2.24) is 0 Å². The van der Waals surface area contributed by atoms with Crippen molar-refractivity contribution in [3.8, 4) is 0 Å². The van der Waals surface area contributed by atoms with Crippen molar-refractivity contribution in [3.63, 3.8) is 0 Å². The molecule has 0 aliphatic heterocycles. The minimum Gasteiger partial charge on any atom is -0.282 e. The molecule has 0 fully saturated rings. The Morgan fingerprint density at radius 2 is 1.44 bits per heavy atom. The molecule has 25 heavy (non-hydrogen) atoms. The molecular formula is C20H30MgO3S. The van der Waals surface area contributed by atoms with E-state index in [9.17, 15) is 13.0 Å². The van der Waals surface area contributed by atoms with Gasteiger partial charge in [-0.25, -0.2) is 0 Å². The SMILES string of the molecule is CCCCCCCCCCc1ccc2ccccc2c1S(=O)(=O)O.[MgH2]. The second-order valence-corrected chi connectivity index (χ2v) is 7.83. The summed E-state index contributed by atoms with van der Waals surface area (Å²) < 4.78 is 33.4. The number of rotatable bonds is 10. The highest BCUT2D eigenvalue weighted by molar-refractivity contribution is 7.86. The van der Waals surface area contributed by atoms with Crippen LogP contribution in [0, 0.1) is 0 Å². The fourth-order valence-corrected chi connectivity index (χ4v) is 4.20. The van der Waals surface area contributed by atoms with Crippen molar-refractivity contribution < 1.29 is 13.0 Å². The molecule has 2 rings (SSSR count). The Hall–Kier alpha value is -0.624. The Labute approximate surface area is 168 Å². The zero-order valence-corrected chi connectivity index (χ0v) is 15.3. The second kappa shape index (κ2) is 11.2. The average Bonchev–Trinajstić information content (AvgIpc) is 2.55. The van der Waals surface area contributed by atoms with Crippen LogP contribution in [0.3, 0.4) is 0 Å². The molecule has 0 radical (unpaired) electrons. The van der Waals surface area contributed by atoms with Gasteiger partial charge in [0.1, 0.15) is 4.90 Å². The van der Waals surface area contributed by atoms with E-state index in [1.54, 1.807) is 12.1 Å². The van der Waals surface area contributed by atoms with Gasteiger partial charge >= 0.3 is 23.1 Å². The van der Waals surface area contributed by atoms with Crippen LogP contribution in [0.2, 0.25) is 0 Å². The van der Waals surface area contributed by atoms with Crippen LogP contribution in [0.5, 0.6) is 0 Å². The summed E-state index contributed by atoms with van der Waals surface area (Å²) in [5.41, 5.74) is 0.724. The van der Waals surface area contributed by atoms with E-state index >= 15 is 0 Å². The molecule has 0 saturated heterocycles. The van der Waals surface area contributed by atoms with Crippen LogP contribution >= 0.6 is 0 Å². The lowest BCUT2D eigenvalue weighted by atomic mass is 10.0. The summed E-state index contributed by atoms with van der Waals surface area (Å²) in [6.07, 6.45) is 10.4. The van der Waals surface area contributed by atoms with Crippen LogP contribution < -0.4 is 0 Å². The van der Waals surface area contributed by atoms with Gasteiger partial charge in [0.2, 0.25) is 0 Å². The molecule has 0 unspecified atom stereocenters. The molecule has 0 heterocycles. The summed E-state index contributed by atoms with van der Waals surface area (Å²) in [5.74, 6) is 0. The van der Waals surface area contributed by atoms with E-state index in [0.717, 1.165) is 23.8 Å². The van der Waals surface area contributed by atoms with Crippen molar-refractivity contribution in [2.45, 2.75) is 69.6 Å². The maximum atomic E-state index is 11.9. The van der Waals surface area contributed by atoms with Gasteiger partial charge in [-0.3, -0.25) is 4.55 Å². The fraction of sp³-hybridized carbons (Fsp3) is 0.500. The number of hydrogen-bond donors (Lipinski definition) is 1. The van der Waals surface area contributed by atoms with Gasteiger partial charge in [-0.15, -0.1) is 0 Å². The molecule has 2 aromatic carbocycles. The van der Waals surface area contributed by atoms with Crippen molar-refractivity contribution in [2.75, 3.05) is 0 Å². The predicted octanol–water partition coefficient (Wildman–Crippen LogP) is 4.85. The average molecular weight is 375 g/mol. The summed E-state index contributed by atoms with van der Waals surface area (Å²) in [7, 11) is -4.22. The highest BCUT2D eigenvalue weighted by Gasteiger charge is 2.18. The normalized spacial score (nSPS) is 11.4. The Kier molecular flexibility index (Phi) is 10.0. The van der Waals surface area contributed by atoms with Gasteiger partial charge in [0.25, 0.3) is 10.1 Å². The summed E-state index contributed by atoms with van der Waals surface area (Å²) in [5, 5.41) is 1.45. The Bertz CT molecular complexity index is 757. The Balaban J connectivity index is 0.00000312. The van der Waals surface area contributed by atoms with Gasteiger partial charge in [-0.1, -0.05) is 88.3 Å². The molecule has 0 aliphatic carbocycles. The topological polar surface area (TPSA) is 54.4 Å². The van der Waals surface area contributed by atoms with Crippen LogP contribution in [0.4, 0.5) is 0 Å². The van der Waals surface area contributed by atoms with Crippen LogP contribution in [-0.4, -0.2) is 36.0 Å². The van der Waals surface area contributed by atoms with Gasteiger partial charge in [0.15, 0.2) is 0 Å². The molecule has 0 amide bonds. The zero-order chi connectivity index (χ0) is 17.4. The van der Waals surface area contributed by atoms with Gasteiger partial charge in [-0.2, -0.15) is 8.42 Å². The van der Waals surface area contributed by atoms with E-state index in [1.165, 1.54) is 38.5 Å². The quantitative estimate of drug-likeness (QED) is 0.367. The van der Waals surface area contributed by atoms with Crippen molar-refractivity contribution in [3.05, 3.63) is 42.0 Å². The van der Waals surface area contributed by atoms with Crippen molar-refractivity contribution in [2.24, 2.45) is 0 Å². The van der Waals surface area contributed by atoms with Crippen LogP contribution in [0.15, 0.2) is 41.3 Å². The first-order valence-electron chi connectivity index (χ1n) is 9.02. The standard InChI is InChI=1S/C20H28O3S.Mg.2H/c1-2-3-4-5-6-7-8-9-13-18-16-15-17-12-10-11-14-19(17)20(18)24(21,22)23;;;/h10-12,14-16H,2-9,13H2,1H3,(H,21,22,23);;;. The largest absolute Gasteiger partial charge is 0.316 e. The molecule has 1 N–H and O–H groups in total. The number of benzene rings is 2. The van der Waals surface area contributed by atoms with Crippen molar-refractivity contribution in [1.29, 1.82) is 0 Å². The van der Waals surface area contributed by atoms with Crippen LogP contribution in [0.1, 0.15) is 63.9 Å². The molecule has 0 aliphatic rings. The molecule has 0 aromatic heterocycles. The minimum atomic E-state index is -4.22. The molecule has 3 nitrogen and oxygen atoms in total. The Morgan fingerprint density at radius 1 is 0.840 bits per heavy atom. The zero-order valence-electron chi connectivity index (χ0n) is 14.5. The first kappa shape index (κ1) is 22.4. The highest BCUT2D eigenvalue weighted by atomic mass is 32.2. The molecule has 0 saturated carbocycles. The van der Waals surface area contributed by atoms with Gasteiger partial charge in [0.05, 0.1) is 0 Å². The summed E-state index contributed by atoms with van der Waals surface area (Å²) >= 11 is 0. The molecule has 136 valence electrons. The molecule has 0 atom stereocenters.